The first kappa shape index (κ1) is 35.4. The van der Waals surface area contributed by atoms with E-state index in [-0.39, 0.29) is 38.7 Å². The highest BCUT2D eigenvalue weighted by Crippen LogP contribution is 2.40. The highest BCUT2D eigenvalue weighted by atomic mass is 19.4. The zero-order chi connectivity index (χ0) is 33.9. The molecule has 13 heteroatoms. The number of alkyl halides is 6. The van der Waals surface area contributed by atoms with Gasteiger partial charge in [-0.15, -0.1) is 13.2 Å². The van der Waals surface area contributed by atoms with E-state index in [4.69, 9.17) is 4.74 Å². The van der Waals surface area contributed by atoms with Crippen LogP contribution in [0, 0.1) is 12.7 Å². The summed E-state index contributed by atoms with van der Waals surface area (Å²) >= 11 is 0. The number of ether oxygens (including phenoxy) is 1. The Hall–Kier alpha value is -4.03. The third-order valence-corrected chi connectivity index (χ3v) is 7.20. The highest BCUT2D eigenvalue weighted by molar-refractivity contribution is 5.77. The van der Waals surface area contributed by atoms with E-state index < -0.39 is 64.7 Å². The van der Waals surface area contributed by atoms with E-state index in [1.165, 1.54) is 40.2 Å². The summed E-state index contributed by atoms with van der Waals surface area (Å²) in [5.41, 5.74) is -3.28. The largest absolute Gasteiger partial charge is 0.444 e. The molecule has 3 rings (SSSR count). The lowest BCUT2D eigenvalue weighted by molar-refractivity contribution is -0.143. The topological polar surface area (TPSA) is 53.1 Å². The van der Waals surface area contributed by atoms with Crippen molar-refractivity contribution in [3.63, 3.8) is 0 Å². The Labute approximate surface area is 257 Å². The first-order valence-corrected chi connectivity index (χ1v) is 14.1. The molecule has 0 aliphatic carbocycles. The van der Waals surface area contributed by atoms with Gasteiger partial charge in [0.05, 0.1) is 23.2 Å². The maximum atomic E-state index is 14.3. The van der Waals surface area contributed by atoms with Crippen molar-refractivity contribution in [1.29, 1.82) is 0 Å². The highest BCUT2D eigenvalue weighted by Gasteiger charge is 2.41. The van der Waals surface area contributed by atoms with E-state index in [1.807, 2.05) is 0 Å². The number of amides is 3. The van der Waals surface area contributed by atoms with Crippen molar-refractivity contribution in [3.8, 4) is 0 Å². The lowest BCUT2D eigenvalue weighted by Crippen LogP contribution is -2.56. The van der Waals surface area contributed by atoms with E-state index in [9.17, 15) is 40.3 Å². The number of rotatable bonds is 7. The first-order valence-electron chi connectivity index (χ1n) is 14.1. The molecular formula is C32H36F7N3O3. The van der Waals surface area contributed by atoms with Crippen LogP contribution in [0.1, 0.15) is 67.1 Å². The molecule has 0 spiro atoms. The fraction of sp³-hybridized carbons (Fsp3) is 0.438. The molecule has 2 aromatic rings. The molecule has 0 N–H and O–H groups in total. The van der Waals surface area contributed by atoms with Gasteiger partial charge >= 0.3 is 24.5 Å². The standard InChI is InChI=1S/C32H36F7N3O3/c1-7-9-26(21-16-22(31(34,35)36)18-23(17-21)32(37,38)39)41(12-8-2)28(43)42-14-13-40(29(44)45-30(4,5)6)19-27(42)25-11-10-24(33)15-20(25)3/h7-8,10-11,15-18,26-27H,1-2,9,12-14,19H2,3-6H3. The van der Waals surface area contributed by atoms with Crippen molar-refractivity contribution in [2.24, 2.45) is 0 Å². The Morgan fingerprint density at radius 3 is 2.07 bits per heavy atom. The van der Waals surface area contributed by atoms with Gasteiger partial charge in [-0.05, 0) is 81.1 Å². The molecule has 1 aliphatic rings. The summed E-state index contributed by atoms with van der Waals surface area (Å²) < 4.78 is 102. The second-order valence-electron chi connectivity index (χ2n) is 11.7. The number of carbonyl (C=O) groups is 2. The summed E-state index contributed by atoms with van der Waals surface area (Å²) in [6.45, 7) is 13.6. The van der Waals surface area contributed by atoms with Gasteiger partial charge in [0.1, 0.15) is 11.4 Å². The van der Waals surface area contributed by atoms with Crippen molar-refractivity contribution in [3.05, 3.63) is 95.3 Å². The smallest absolute Gasteiger partial charge is 0.416 e. The Bertz CT molecular complexity index is 1380. The second-order valence-corrected chi connectivity index (χ2v) is 11.7. The van der Waals surface area contributed by atoms with E-state index in [2.05, 4.69) is 13.2 Å². The van der Waals surface area contributed by atoms with Gasteiger partial charge in [0.15, 0.2) is 0 Å². The van der Waals surface area contributed by atoms with E-state index in [0.717, 1.165) is 4.90 Å². The first-order chi connectivity index (χ1) is 20.8. The summed E-state index contributed by atoms with van der Waals surface area (Å²) in [6.07, 6.45) is -8.41. The predicted molar refractivity (Wildman–Crippen MR) is 155 cm³/mol. The lowest BCUT2D eigenvalue weighted by atomic mass is 9.95. The molecule has 0 bridgehead atoms. The van der Waals surface area contributed by atoms with E-state index in [1.54, 1.807) is 27.7 Å². The van der Waals surface area contributed by atoms with Gasteiger partial charge in [0.25, 0.3) is 0 Å². The molecule has 0 radical (unpaired) electrons. The summed E-state index contributed by atoms with van der Waals surface area (Å²) in [5.74, 6) is -0.529. The van der Waals surface area contributed by atoms with Crippen LogP contribution in [0.4, 0.5) is 40.3 Å². The molecular weight excluding hydrogens is 607 g/mol. The number of aryl methyl sites for hydroxylation is 1. The fourth-order valence-corrected chi connectivity index (χ4v) is 5.20. The van der Waals surface area contributed by atoms with Gasteiger partial charge in [-0.3, -0.25) is 0 Å². The molecule has 0 saturated carbocycles. The Balaban J connectivity index is 2.13. The van der Waals surface area contributed by atoms with Gasteiger partial charge in [-0.2, -0.15) is 26.3 Å². The number of nitrogens with zero attached hydrogens (tertiary/aromatic N) is 3. The molecule has 2 atom stereocenters. The van der Waals surface area contributed by atoms with Crippen molar-refractivity contribution >= 4 is 12.1 Å². The Morgan fingerprint density at radius 1 is 0.978 bits per heavy atom. The quantitative estimate of drug-likeness (QED) is 0.224. The van der Waals surface area contributed by atoms with E-state index in [0.29, 0.717) is 23.3 Å². The third-order valence-electron chi connectivity index (χ3n) is 7.20. The zero-order valence-electron chi connectivity index (χ0n) is 25.4. The van der Waals surface area contributed by atoms with Gasteiger partial charge < -0.3 is 19.4 Å². The minimum atomic E-state index is -5.09. The maximum Gasteiger partial charge on any atom is 0.416 e. The molecule has 1 saturated heterocycles. The molecule has 1 heterocycles. The van der Waals surface area contributed by atoms with Crippen LogP contribution in [0.5, 0.6) is 0 Å². The van der Waals surface area contributed by atoms with Crippen LogP contribution in [-0.4, -0.2) is 58.6 Å². The van der Waals surface area contributed by atoms with Gasteiger partial charge in [0, 0.05) is 26.2 Å². The van der Waals surface area contributed by atoms with Crippen LogP contribution in [-0.2, 0) is 17.1 Å². The van der Waals surface area contributed by atoms with E-state index >= 15 is 0 Å². The third kappa shape index (κ3) is 8.79. The SMILES string of the molecule is C=CCC(c1cc(C(F)(F)F)cc(C(F)(F)F)c1)N(CC=C)C(=O)N1CCN(C(=O)OC(C)(C)C)CC1c1ccc(F)cc1C. The molecule has 3 amide bonds. The van der Waals surface area contributed by atoms with Crippen LogP contribution >= 0.6 is 0 Å². The van der Waals surface area contributed by atoms with Crippen molar-refractivity contribution in [1.82, 2.24) is 14.7 Å². The molecule has 1 aliphatic heterocycles. The summed E-state index contributed by atoms with van der Waals surface area (Å²) in [4.78, 5) is 31.2. The average Bonchev–Trinajstić information content (AvgIpc) is 2.92. The van der Waals surface area contributed by atoms with Crippen LogP contribution < -0.4 is 0 Å². The maximum absolute atomic E-state index is 14.3. The van der Waals surface area contributed by atoms with Crippen molar-refractivity contribution in [2.75, 3.05) is 26.2 Å². The van der Waals surface area contributed by atoms with Crippen molar-refractivity contribution < 1.29 is 45.1 Å². The molecule has 0 aromatic heterocycles. The average molecular weight is 644 g/mol. The van der Waals surface area contributed by atoms with Gasteiger partial charge in [-0.1, -0.05) is 18.2 Å². The summed E-state index contributed by atoms with van der Waals surface area (Å²) in [7, 11) is 0. The molecule has 6 nitrogen and oxygen atoms in total. The fourth-order valence-electron chi connectivity index (χ4n) is 5.20. The molecule has 2 unspecified atom stereocenters. The molecule has 2 aromatic carbocycles. The summed E-state index contributed by atoms with van der Waals surface area (Å²) in [6, 6.07) is 2.24. The molecule has 1 fully saturated rings. The number of benzene rings is 2. The Kier molecular flexibility index (Phi) is 10.7. The van der Waals surface area contributed by atoms with Crippen LogP contribution in [0.2, 0.25) is 0 Å². The number of hydrogen-bond acceptors (Lipinski definition) is 3. The van der Waals surface area contributed by atoms with Crippen LogP contribution in [0.3, 0.4) is 0 Å². The number of halogens is 7. The molecule has 45 heavy (non-hydrogen) atoms. The lowest BCUT2D eigenvalue weighted by Gasteiger charge is -2.45. The number of urea groups is 1. The number of piperazine rings is 1. The minimum absolute atomic E-state index is 0.0211. The van der Waals surface area contributed by atoms with Crippen molar-refractivity contribution in [2.45, 2.75) is 64.2 Å². The predicted octanol–water partition coefficient (Wildman–Crippen LogP) is 8.69. The monoisotopic (exact) mass is 643 g/mol. The van der Waals surface area contributed by atoms with Crippen LogP contribution in [0.15, 0.2) is 61.7 Å². The second kappa shape index (κ2) is 13.5. The summed E-state index contributed by atoms with van der Waals surface area (Å²) in [5, 5.41) is 0. The van der Waals surface area contributed by atoms with Gasteiger partial charge in [-0.25, -0.2) is 14.0 Å². The van der Waals surface area contributed by atoms with Crippen LogP contribution in [0.25, 0.3) is 0 Å². The Morgan fingerprint density at radius 2 is 1.58 bits per heavy atom. The number of carbonyl (C=O) groups excluding carboxylic acids is 2. The normalized spacial score (nSPS) is 16.6. The molecule has 246 valence electrons. The van der Waals surface area contributed by atoms with Gasteiger partial charge in [0.2, 0.25) is 0 Å². The minimum Gasteiger partial charge on any atom is -0.444 e. The zero-order valence-corrected chi connectivity index (χ0v) is 25.4. The number of hydrogen-bond donors (Lipinski definition) is 0.